The van der Waals surface area contributed by atoms with Crippen LogP contribution in [0.25, 0.3) is 0 Å². The van der Waals surface area contributed by atoms with Crippen LogP contribution >= 0.6 is 11.8 Å². The van der Waals surface area contributed by atoms with Crippen LogP contribution in [0, 0.1) is 5.82 Å². The van der Waals surface area contributed by atoms with E-state index < -0.39 is 21.6 Å². The van der Waals surface area contributed by atoms with Crippen LogP contribution in [0.2, 0.25) is 0 Å². The van der Waals surface area contributed by atoms with Gasteiger partial charge in [0.15, 0.2) is 5.12 Å². The molecule has 0 amide bonds. The highest BCUT2D eigenvalue weighted by Gasteiger charge is 2.38. The highest BCUT2D eigenvalue weighted by Crippen LogP contribution is 2.31. The number of carbonyl (C=O) groups is 1. The SMILES string of the molecule is CC(=O)SCC[C@@](C)(N[S@@+]([O-])C(C)(C)C)c1ccccc1F. The van der Waals surface area contributed by atoms with Crippen LogP contribution < -0.4 is 4.72 Å². The highest BCUT2D eigenvalue weighted by atomic mass is 32.2. The molecule has 1 rings (SSSR count). The number of rotatable bonds is 6. The maximum absolute atomic E-state index is 14.2. The minimum absolute atomic E-state index is 0.0211. The second-order valence-electron chi connectivity index (χ2n) is 6.39. The molecule has 0 aliphatic rings. The number of nitrogens with one attached hydrogen (secondary N) is 1. The average molecular weight is 346 g/mol. The Balaban J connectivity index is 3.04. The van der Waals surface area contributed by atoms with E-state index in [1.807, 2.05) is 27.7 Å². The molecule has 22 heavy (non-hydrogen) atoms. The van der Waals surface area contributed by atoms with Gasteiger partial charge in [0, 0.05) is 29.6 Å². The second kappa shape index (κ2) is 7.81. The summed E-state index contributed by atoms with van der Waals surface area (Å²) in [6.07, 6.45) is 0.500. The van der Waals surface area contributed by atoms with Crippen LogP contribution in [0.5, 0.6) is 0 Å². The standard InChI is InChI=1S/C16H24FNO2S2/c1-12(19)21-11-10-16(5,18-22(20)15(2,3)4)13-8-6-7-9-14(13)17/h6-9,18H,10-11H2,1-5H3/t16-,22+/m1/s1. The summed E-state index contributed by atoms with van der Waals surface area (Å²) in [6, 6.07) is 6.48. The number of hydrogen-bond donors (Lipinski definition) is 1. The Morgan fingerprint density at radius 3 is 2.41 bits per heavy atom. The van der Waals surface area contributed by atoms with Gasteiger partial charge < -0.3 is 4.55 Å². The molecule has 0 fully saturated rings. The Labute approximate surface area is 139 Å². The summed E-state index contributed by atoms with van der Waals surface area (Å²) in [5.41, 5.74) is -0.330. The average Bonchev–Trinajstić information content (AvgIpc) is 2.37. The third-order valence-corrected chi connectivity index (χ3v) is 5.81. The van der Waals surface area contributed by atoms with Crippen molar-refractivity contribution in [1.29, 1.82) is 0 Å². The van der Waals surface area contributed by atoms with Crippen molar-refractivity contribution in [3.63, 3.8) is 0 Å². The van der Waals surface area contributed by atoms with Crippen molar-refractivity contribution in [3.05, 3.63) is 35.6 Å². The van der Waals surface area contributed by atoms with Gasteiger partial charge in [-0.05, 0) is 40.2 Å². The predicted molar refractivity (Wildman–Crippen MR) is 92.5 cm³/mol. The molecule has 0 spiro atoms. The van der Waals surface area contributed by atoms with Crippen molar-refractivity contribution in [1.82, 2.24) is 4.72 Å². The molecule has 2 atom stereocenters. The highest BCUT2D eigenvalue weighted by molar-refractivity contribution is 8.13. The summed E-state index contributed by atoms with van der Waals surface area (Å²) >= 11 is -0.148. The fraction of sp³-hybridized carbons (Fsp3) is 0.562. The van der Waals surface area contributed by atoms with Crippen LogP contribution in [0.4, 0.5) is 4.39 Å². The molecule has 6 heteroatoms. The Morgan fingerprint density at radius 1 is 1.32 bits per heavy atom. The monoisotopic (exact) mass is 345 g/mol. The number of carbonyl (C=O) groups excluding carboxylic acids is 1. The van der Waals surface area contributed by atoms with Gasteiger partial charge in [0.25, 0.3) is 0 Å². The number of hydrogen-bond acceptors (Lipinski definition) is 4. The maximum atomic E-state index is 14.2. The van der Waals surface area contributed by atoms with Crippen LogP contribution in [-0.4, -0.2) is 20.2 Å². The van der Waals surface area contributed by atoms with E-state index in [0.717, 1.165) is 0 Å². The molecule has 0 heterocycles. The van der Waals surface area contributed by atoms with E-state index in [9.17, 15) is 13.7 Å². The maximum Gasteiger partial charge on any atom is 0.185 e. The van der Waals surface area contributed by atoms with Crippen LogP contribution in [0.15, 0.2) is 24.3 Å². The molecule has 1 N–H and O–H groups in total. The van der Waals surface area contributed by atoms with Crippen molar-refractivity contribution in [2.24, 2.45) is 0 Å². The summed E-state index contributed by atoms with van der Waals surface area (Å²) in [7, 11) is 0. The molecule has 0 aliphatic carbocycles. The first kappa shape index (κ1) is 19.5. The summed E-state index contributed by atoms with van der Waals surface area (Å²) < 4.78 is 29.3. The fourth-order valence-electron chi connectivity index (χ4n) is 1.91. The normalized spacial score (nSPS) is 16.1. The van der Waals surface area contributed by atoms with Gasteiger partial charge in [0.1, 0.15) is 10.6 Å². The largest absolute Gasteiger partial charge is 0.598 e. The molecule has 0 saturated heterocycles. The molecule has 124 valence electrons. The molecular formula is C16H24FNO2S2. The van der Waals surface area contributed by atoms with Crippen LogP contribution in [0.1, 0.15) is 46.6 Å². The van der Waals surface area contributed by atoms with Gasteiger partial charge in [-0.3, -0.25) is 4.79 Å². The lowest BCUT2D eigenvalue weighted by atomic mass is 9.90. The van der Waals surface area contributed by atoms with Gasteiger partial charge in [-0.25, -0.2) is 4.39 Å². The molecule has 0 radical (unpaired) electrons. The Bertz CT molecular complexity index is 519. The van der Waals surface area contributed by atoms with Crippen molar-refractivity contribution in [2.45, 2.75) is 51.3 Å². The van der Waals surface area contributed by atoms with Crippen molar-refractivity contribution in [2.75, 3.05) is 5.75 Å². The molecule has 0 aromatic heterocycles. The Hall–Kier alpha value is -0.560. The topological polar surface area (TPSA) is 52.2 Å². The van der Waals surface area contributed by atoms with Crippen LogP contribution in [0.3, 0.4) is 0 Å². The Kier molecular flexibility index (Phi) is 6.92. The lowest BCUT2D eigenvalue weighted by Gasteiger charge is -2.35. The van der Waals surface area contributed by atoms with Gasteiger partial charge in [-0.15, -0.1) is 4.72 Å². The smallest absolute Gasteiger partial charge is 0.185 e. The lowest BCUT2D eigenvalue weighted by Crippen LogP contribution is -2.50. The van der Waals surface area contributed by atoms with E-state index in [4.69, 9.17) is 0 Å². The third-order valence-electron chi connectivity index (χ3n) is 3.25. The molecule has 0 bridgehead atoms. The van der Waals surface area contributed by atoms with Crippen molar-refractivity contribution >= 4 is 28.2 Å². The molecule has 3 nitrogen and oxygen atoms in total. The minimum atomic E-state index is -1.34. The van der Waals surface area contributed by atoms with E-state index in [0.29, 0.717) is 17.7 Å². The zero-order chi connectivity index (χ0) is 17.0. The molecule has 0 saturated carbocycles. The quantitative estimate of drug-likeness (QED) is 0.798. The zero-order valence-electron chi connectivity index (χ0n) is 13.7. The van der Waals surface area contributed by atoms with E-state index in [1.54, 1.807) is 18.2 Å². The first-order valence-electron chi connectivity index (χ1n) is 7.14. The molecule has 1 aromatic rings. The van der Waals surface area contributed by atoms with Crippen LogP contribution in [-0.2, 0) is 21.7 Å². The van der Waals surface area contributed by atoms with E-state index >= 15 is 0 Å². The van der Waals surface area contributed by atoms with Gasteiger partial charge in [0.05, 0.1) is 5.54 Å². The molecule has 1 aromatic carbocycles. The summed E-state index contributed by atoms with van der Waals surface area (Å²) in [5, 5.41) is 0.0211. The van der Waals surface area contributed by atoms with Gasteiger partial charge in [-0.2, -0.15) is 0 Å². The van der Waals surface area contributed by atoms with Crippen molar-refractivity contribution in [3.8, 4) is 0 Å². The molecule has 0 unspecified atom stereocenters. The van der Waals surface area contributed by atoms with Crippen molar-refractivity contribution < 1.29 is 13.7 Å². The predicted octanol–water partition coefficient (Wildman–Crippen LogP) is 3.76. The zero-order valence-corrected chi connectivity index (χ0v) is 15.4. The fourth-order valence-corrected chi connectivity index (χ4v) is 3.63. The second-order valence-corrected chi connectivity index (χ2v) is 9.62. The first-order valence-corrected chi connectivity index (χ1v) is 9.28. The number of benzene rings is 1. The molecular weight excluding hydrogens is 321 g/mol. The van der Waals surface area contributed by atoms with E-state index in [2.05, 4.69) is 4.72 Å². The summed E-state index contributed by atoms with van der Waals surface area (Å²) in [4.78, 5) is 11.1. The van der Waals surface area contributed by atoms with Gasteiger partial charge in [-0.1, -0.05) is 30.0 Å². The number of halogens is 1. The van der Waals surface area contributed by atoms with E-state index in [-0.39, 0.29) is 10.9 Å². The molecule has 0 aliphatic heterocycles. The van der Waals surface area contributed by atoms with E-state index in [1.165, 1.54) is 24.8 Å². The Morgan fingerprint density at radius 2 is 1.91 bits per heavy atom. The first-order chi connectivity index (χ1) is 10.1. The minimum Gasteiger partial charge on any atom is -0.598 e. The third kappa shape index (κ3) is 5.57. The lowest BCUT2D eigenvalue weighted by molar-refractivity contribution is -0.109. The van der Waals surface area contributed by atoms with Gasteiger partial charge >= 0.3 is 0 Å². The summed E-state index contributed by atoms with van der Waals surface area (Å²) in [6.45, 7) is 8.92. The van der Waals surface area contributed by atoms with Gasteiger partial charge in [0.2, 0.25) is 0 Å². The number of thioether (sulfide) groups is 1. The summed E-state index contributed by atoms with van der Waals surface area (Å²) in [5.74, 6) is 0.199.